The largest absolute Gasteiger partial charge is 0.494 e. The van der Waals surface area contributed by atoms with Crippen LogP contribution in [0.3, 0.4) is 0 Å². The Morgan fingerprint density at radius 2 is 2.00 bits per heavy atom. The number of nitrogens with one attached hydrogen (secondary N) is 1. The topological polar surface area (TPSA) is 67.2 Å². The van der Waals surface area contributed by atoms with Crippen LogP contribution in [0.15, 0.2) is 42.6 Å². The van der Waals surface area contributed by atoms with Crippen LogP contribution in [0.4, 0.5) is 0 Å². The number of nitrogens with zero attached hydrogens (tertiary/aromatic N) is 2. The van der Waals surface area contributed by atoms with Gasteiger partial charge in [-0.15, -0.1) is 0 Å². The minimum atomic E-state index is 0.524. The van der Waals surface area contributed by atoms with E-state index in [0.717, 1.165) is 36.4 Å². The Kier molecular flexibility index (Phi) is 6.89. The maximum absolute atomic E-state index is 8.51. The molecule has 120 valence electrons. The molecule has 1 heterocycles. The van der Waals surface area contributed by atoms with E-state index in [0.29, 0.717) is 18.9 Å². The van der Waals surface area contributed by atoms with Crippen LogP contribution in [-0.2, 0) is 13.1 Å². The number of unbranched alkanes of at least 4 members (excludes halogenated alkanes) is 1. The van der Waals surface area contributed by atoms with E-state index >= 15 is 0 Å². The fourth-order valence-electron chi connectivity index (χ4n) is 2.11. The molecule has 0 saturated carbocycles. The van der Waals surface area contributed by atoms with E-state index in [4.69, 9.17) is 14.7 Å². The van der Waals surface area contributed by atoms with Gasteiger partial charge in [-0.1, -0.05) is 12.1 Å². The second-order valence-corrected chi connectivity index (χ2v) is 5.07. The second-order valence-electron chi connectivity index (χ2n) is 5.07. The Hall–Kier alpha value is -2.58. The van der Waals surface area contributed by atoms with Crippen molar-refractivity contribution in [3.63, 3.8) is 0 Å². The summed E-state index contributed by atoms with van der Waals surface area (Å²) in [5, 5.41) is 11.9. The summed E-state index contributed by atoms with van der Waals surface area (Å²) in [4.78, 5) is 4.09. The van der Waals surface area contributed by atoms with Gasteiger partial charge in [0, 0.05) is 31.8 Å². The number of hydrogen-bond acceptors (Lipinski definition) is 5. The van der Waals surface area contributed by atoms with Gasteiger partial charge in [-0.25, -0.2) is 4.98 Å². The molecule has 0 bridgehead atoms. The van der Waals surface area contributed by atoms with Gasteiger partial charge in [0.25, 0.3) is 0 Å². The van der Waals surface area contributed by atoms with Crippen LogP contribution >= 0.6 is 0 Å². The standard InChI is InChI=1S/C18H21N3O2/c1-22-18-12-16(7-9-21-18)14-20-13-15-5-4-6-17(11-15)23-10-3-2-8-19/h4-7,9,11-12,20H,2-3,10,13-14H2,1H3. The van der Waals surface area contributed by atoms with Crippen molar-refractivity contribution in [2.24, 2.45) is 0 Å². The average Bonchev–Trinajstić information content (AvgIpc) is 2.59. The SMILES string of the molecule is COc1cc(CNCc2cccc(OCCCC#N)c2)ccn1. The van der Waals surface area contributed by atoms with Crippen LogP contribution in [0.2, 0.25) is 0 Å². The minimum absolute atomic E-state index is 0.524. The first-order chi connectivity index (χ1) is 11.3. The summed E-state index contributed by atoms with van der Waals surface area (Å²) in [5.41, 5.74) is 2.28. The number of methoxy groups -OCH3 is 1. The molecule has 0 fully saturated rings. The Bertz CT molecular complexity index is 653. The molecule has 1 aromatic carbocycles. The van der Waals surface area contributed by atoms with Gasteiger partial charge in [0.05, 0.1) is 19.8 Å². The quantitative estimate of drug-likeness (QED) is 0.721. The van der Waals surface area contributed by atoms with Crippen LogP contribution in [-0.4, -0.2) is 18.7 Å². The third-order valence-corrected chi connectivity index (χ3v) is 3.27. The molecule has 0 aliphatic rings. The van der Waals surface area contributed by atoms with E-state index in [1.54, 1.807) is 13.3 Å². The van der Waals surface area contributed by atoms with Crippen LogP contribution < -0.4 is 14.8 Å². The highest BCUT2D eigenvalue weighted by molar-refractivity contribution is 5.28. The van der Waals surface area contributed by atoms with Gasteiger partial charge < -0.3 is 14.8 Å². The molecule has 1 aromatic heterocycles. The number of rotatable bonds is 9. The molecule has 0 unspecified atom stereocenters. The van der Waals surface area contributed by atoms with Crippen molar-refractivity contribution >= 4 is 0 Å². The Labute approximate surface area is 136 Å². The first kappa shape index (κ1) is 16.8. The van der Waals surface area contributed by atoms with E-state index in [-0.39, 0.29) is 0 Å². The van der Waals surface area contributed by atoms with E-state index in [1.807, 2.05) is 30.3 Å². The smallest absolute Gasteiger partial charge is 0.213 e. The van der Waals surface area contributed by atoms with Crippen LogP contribution in [0.25, 0.3) is 0 Å². The zero-order chi connectivity index (χ0) is 16.3. The van der Waals surface area contributed by atoms with Gasteiger partial charge in [0.2, 0.25) is 5.88 Å². The average molecular weight is 311 g/mol. The molecule has 0 aliphatic carbocycles. The van der Waals surface area contributed by atoms with Crippen molar-refractivity contribution in [3.05, 3.63) is 53.7 Å². The third kappa shape index (κ3) is 5.97. The summed E-state index contributed by atoms with van der Waals surface area (Å²) < 4.78 is 10.8. The number of hydrogen-bond donors (Lipinski definition) is 1. The Balaban J connectivity index is 1.80. The summed E-state index contributed by atoms with van der Waals surface area (Å²) in [6.07, 6.45) is 3.02. The summed E-state index contributed by atoms with van der Waals surface area (Å²) in [7, 11) is 1.61. The minimum Gasteiger partial charge on any atom is -0.494 e. The normalized spacial score (nSPS) is 10.1. The molecule has 5 nitrogen and oxygen atoms in total. The van der Waals surface area contributed by atoms with E-state index in [9.17, 15) is 0 Å². The molecule has 0 saturated heterocycles. The van der Waals surface area contributed by atoms with Crippen LogP contribution in [0.5, 0.6) is 11.6 Å². The van der Waals surface area contributed by atoms with Crippen molar-refractivity contribution in [1.29, 1.82) is 5.26 Å². The lowest BCUT2D eigenvalue weighted by Crippen LogP contribution is -2.13. The molecular weight excluding hydrogens is 290 g/mol. The van der Waals surface area contributed by atoms with Gasteiger partial charge in [-0.3, -0.25) is 0 Å². The molecule has 0 atom stereocenters. The monoisotopic (exact) mass is 311 g/mol. The predicted octanol–water partition coefficient (Wildman–Crippen LogP) is 3.06. The Morgan fingerprint density at radius 1 is 1.17 bits per heavy atom. The molecule has 0 amide bonds. The molecule has 23 heavy (non-hydrogen) atoms. The maximum atomic E-state index is 8.51. The fraction of sp³-hybridized carbons (Fsp3) is 0.333. The number of pyridine rings is 1. The van der Waals surface area contributed by atoms with Gasteiger partial charge >= 0.3 is 0 Å². The molecule has 2 aromatic rings. The summed E-state index contributed by atoms with van der Waals surface area (Å²) in [5.74, 6) is 1.46. The van der Waals surface area contributed by atoms with Crippen LogP contribution in [0, 0.1) is 11.3 Å². The number of aromatic nitrogens is 1. The molecule has 0 aliphatic heterocycles. The molecule has 0 spiro atoms. The number of ether oxygens (including phenoxy) is 2. The Morgan fingerprint density at radius 3 is 2.78 bits per heavy atom. The van der Waals surface area contributed by atoms with Crippen molar-refractivity contribution < 1.29 is 9.47 Å². The molecule has 2 rings (SSSR count). The van der Waals surface area contributed by atoms with Crippen molar-refractivity contribution in [2.45, 2.75) is 25.9 Å². The maximum Gasteiger partial charge on any atom is 0.213 e. The zero-order valence-corrected chi connectivity index (χ0v) is 13.3. The number of benzene rings is 1. The number of nitriles is 1. The van der Waals surface area contributed by atoms with Gasteiger partial charge in [-0.2, -0.15) is 5.26 Å². The van der Waals surface area contributed by atoms with E-state index < -0.39 is 0 Å². The third-order valence-electron chi connectivity index (χ3n) is 3.27. The highest BCUT2D eigenvalue weighted by atomic mass is 16.5. The van der Waals surface area contributed by atoms with Gasteiger partial charge in [0.15, 0.2) is 0 Å². The van der Waals surface area contributed by atoms with Crippen molar-refractivity contribution in [1.82, 2.24) is 10.3 Å². The van der Waals surface area contributed by atoms with Crippen molar-refractivity contribution in [2.75, 3.05) is 13.7 Å². The van der Waals surface area contributed by atoms with Crippen LogP contribution in [0.1, 0.15) is 24.0 Å². The molecule has 5 heteroatoms. The second kappa shape index (κ2) is 9.44. The molecule has 0 radical (unpaired) electrons. The lowest BCUT2D eigenvalue weighted by atomic mass is 10.2. The van der Waals surface area contributed by atoms with Gasteiger partial charge in [-0.05, 0) is 35.7 Å². The lowest BCUT2D eigenvalue weighted by Gasteiger charge is -2.09. The fourth-order valence-corrected chi connectivity index (χ4v) is 2.11. The molecule has 1 N–H and O–H groups in total. The predicted molar refractivity (Wildman–Crippen MR) is 88.1 cm³/mol. The zero-order valence-electron chi connectivity index (χ0n) is 13.3. The highest BCUT2D eigenvalue weighted by Gasteiger charge is 2.00. The lowest BCUT2D eigenvalue weighted by molar-refractivity contribution is 0.312. The van der Waals surface area contributed by atoms with E-state index in [2.05, 4.69) is 22.4 Å². The van der Waals surface area contributed by atoms with E-state index in [1.165, 1.54) is 0 Å². The van der Waals surface area contributed by atoms with Crippen molar-refractivity contribution in [3.8, 4) is 17.7 Å². The summed E-state index contributed by atoms with van der Waals surface area (Å²) in [6, 6.07) is 14.0. The first-order valence-corrected chi connectivity index (χ1v) is 7.60. The molecular formula is C18H21N3O2. The summed E-state index contributed by atoms with van der Waals surface area (Å²) in [6.45, 7) is 2.06. The summed E-state index contributed by atoms with van der Waals surface area (Å²) >= 11 is 0. The van der Waals surface area contributed by atoms with Gasteiger partial charge in [0.1, 0.15) is 5.75 Å². The first-order valence-electron chi connectivity index (χ1n) is 7.60. The highest BCUT2D eigenvalue weighted by Crippen LogP contribution is 2.14.